The van der Waals surface area contributed by atoms with Gasteiger partial charge in [-0.15, -0.1) is 11.8 Å². The molecular weight excluding hydrogens is 442 g/mol. The van der Waals surface area contributed by atoms with Crippen molar-refractivity contribution in [3.63, 3.8) is 0 Å². The maximum atomic E-state index is 12.8. The maximum absolute atomic E-state index is 12.8. The second kappa shape index (κ2) is 12.0. The SMILES string of the molecule is COc1ccc([C@@H](OC(=O)Nc2ccc(SC)cc2)[C@@H](CCO)Oc2ccccc2)cc1O. The van der Waals surface area contributed by atoms with Crippen molar-refractivity contribution < 1.29 is 29.2 Å². The molecule has 0 aromatic heterocycles. The summed E-state index contributed by atoms with van der Waals surface area (Å²) in [5, 5.41) is 22.7. The molecule has 0 saturated carbocycles. The van der Waals surface area contributed by atoms with Crippen LogP contribution in [0.3, 0.4) is 0 Å². The number of methoxy groups -OCH3 is 1. The van der Waals surface area contributed by atoms with Gasteiger partial charge >= 0.3 is 6.09 Å². The molecule has 0 saturated heterocycles. The van der Waals surface area contributed by atoms with Crippen molar-refractivity contribution in [2.75, 3.05) is 25.3 Å². The number of phenolic OH excluding ortho intramolecular Hbond substituents is 1. The molecule has 0 fully saturated rings. The van der Waals surface area contributed by atoms with E-state index < -0.39 is 18.3 Å². The van der Waals surface area contributed by atoms with E-state index in [-0.39, 0.29) is 18.8 Å². The molecule has 0 aliphatic heterocycles. The molecule has 3 aromatic rings. The monoisotopic (exact) mass is 469 g/mol. The van der Waals surface area contributed by atoms with E-state index in [0.717, 1.165) is 4.90 Å². The standard InChI is InChI=1S/C25H27NO6S/c1-30-22-13-8-17(16-21(22)28)24(23(14-15-27)31-19-6-4-3-5-7-19)32-25(29)26-18-9-11-20(33-2)12-10-18/h3-13,16,23-24,27-28H,14-15H2,1-2H3,(H,26,29)/t23-,24-/m1/s1. The average molecular weight is 470 g/mol. The van der Waals surface area contributed by atoms with Crippen molar-refractivity contribution in [2.45, 2.75) is 23.5 Å². The Morgan fingerprint density at radius 2 is 1.79 bits per heavy atom. The first-order valence-electron chi connectivity index (χ1n) is 10.3. The molecule has 3 aromatic carbocycles. The van der Waals surface area contributed by atoms with Crippen molar-refractivity contribution in [3.05, 3.63) is 78.4 Å². The predicted octanol–water partition coefficient (Wildman–Crippen LogP) is 5.24. The Morgan fingerprint density at radius 1 is 1.06 bits per heavy atom. The quantitative estimate of drug-likeness (QED) is 0.349. The van der Waals surface area contributed by atoms with E-state index in [1.165, 1.54) is 13.2 Å². The molecule has 3 N–H and O–H groups in total. The topological polar surface area (TPSA) is 97.3 Å². The van der Waals surface area contributed by atoms with Crippen LogP contribution in [0, 0.1) is 0 Å². The van der Waals surface area contributed by atoms with Crippen LogP contribution < -0.4 is 14.8 Å². The van der Waals surface area contributed by atoms with Crippen molar-refractivity contribution in [3.8, 4) is 17.2 Å². The zero-order valence-electron chi connectivity index (χ0n) is 18.4. The fourth-order valence-corrected chi connectivity index (χ4v) is 3.66. The minimum Gasteiger partial charge on any atom is -0.504 e. The summed E-state index contributed by atoms with van der Waals surface area (Å²) in [7, 11) is 1.45. The molecule has 174 valence electrons. The van der Waals surface area contributed by atoms with E-state index >= 15 is 0 Å². The molecule has 0 aliphatic carbocycles. The van der Waals surface area contributed by atoms with Crippen molar-refractivity contribution in [2.24, 2.45) is 0 Å². The number of aliphatic hydroxyl groups excluding tert-OH is 1. The summed E-state index contributed by atoms with van der Waals surface area (Å²) in [5.41, 5.74) is 1.08. The van der Waals surface area contributed by atoms with E-state index in [1.807, 2.05) is 36.6 Å². The molecule has 1 amide bonds. The Hall–Kier alpha value is -3.36. The maximum Gasteiger partial charge on any atom is 0.412 e. The molecule has 3 rings (SSSR count). The minimum atomic E-state index is -0.917. The molecule has 2 atom stereocenters. The largest absolute Gasteiger partial charge is 0.504 e. The number of benzene rings is 3. The third-order valence-corrected chi connectivity index (χ3v) is 5.63. The average Bonchev–Trinajstić information content (AvgIpc) is 2.83. The van der Waals surface area contributed by atoms with Crippen LogP contribution >= 0.6 is 11.8 Å². The number of aliphatic hydroxyl groups is 1. The normalized spacial score (nSPS) is 12.5. The first kappa shape index (κ1) is 24.3. The van der Waals surface area contributed by atoms with Gasteiger partial charge in [0.2, 0.25) is 0 Å². The molecule has 8 heteroatoms. The molecule has 7 nitrogen and oxygen atoms in total. The van der Waals surface area contributed by atoms with Gasteiger partial charge in [0.1, 0.15) is 11.9 Å². The lowest BCUT2D eigenvalue weighted by atomic mass is 10.0. The van der Waals surface area contributed by atoms with E-state index in [2.05, 4.69) is 5.32 Å². The summed E-state index contributed by atoms with van der Waals surface area (Å²) in [6.45, 7) is -0.183. The van der Waals surface area contributed by atoms with E-state index in [0.29, 0.717) is 22.7 Å². The van der Waals surface area contributed by atoms with Gasteiger partial charge in [0.15, 0.2) is 17.6 Å². The predicted molar refractivity (Wildman–Crippen MR) is 128 cm³/mol. The zero-order chi connectivity index (χ0) is 23.6. The van der Waals surface area contributed by atoms with Crippen LogP contribution in [-0.2, 0) is 4.74 Å². The van der Waals surface area contributed by atoms with Crippen LogP contribution in [0.4, 0.5) is 10.5 Å². The number of amides is 1. The second-order valence-corrected chi connectivity index (χ2v) is 7.97. The van der Waals surface area contributed by atoms with Gasteiger partial charge in [-0.2, -0.15) is 0 Å². The smallest absolute Gasteiger partial charge is 0.412 e. The van der Waals surface area contributed by atoms with Gasteiger partial charge in [-0.1, -0.05) is 24.3 Å². The molecule has 0 unspecified atom stereocenters. The summed E-state index contributed by atoms with van der Waals surface area (Å²) < 4.78 is 17.0. The van der Waals surface area contributed by atoms with Crippen LogP contribution in [0.25, 0.3) is 0 Å². The summed E-state index contributed by atoms with van der Waals surface area (Å²) >= 11 is 1.60. The second-order valence-electron chi connectivity index (χ2n) is 7.09. The number of carbonyl (C=O) groups is 1. The van der Waals surface area contributed by atoms with Gasteiger partial charge in [0, 0.05) is 29.2 Å². The van der Waals surface area contributed by atoms with Crippen molar-refractivity contribution in [1.82, 2.24) is 0 Å². The number of carbonyl (C=O) groups excluding carboxylic acids is 1. The number of hydrogen-bond acceptors (Lipinski definition) is 7. The van der Waals surface area contributed by atoms with Crippen LogP contribution in [0.1, 0.15) is 18.1 Å². The van der Waals surface area contributed by atoms with E-state index in [4.69, 9.17) is 14.2 Å². The van der Waals surface area contributed by atoms with Crippen LogP contribution in [0.2, 0.25) is 0 Å². The van der Waals surface area contributed by atoms with E-state index in [9.17, 15) is 15.0 Å². The number of hydrogen-bond donors (Lipinski definition) is 3. The highest BCUT2D eigenvalue weighted by molar-refractivity contribution is 7.98. The van der Waals surface area contributed by atoms with E-state index in [1.54, 1.807) is 48.2 Å². The molecular formula is C25H27NO6S. The Morgan fingerprint density at radius 3 is 2.39 bits per heavy atom. The number of phenols is 1. The zero-order valence-corrected chi connectivity index (χ0v) is 19.2. The fraction of sp³-hybridized carbons (Fsp3) is 0.240. The van der Waals surface area contributed by atoms with Crippen molar-refractivity contribution >= 4 is 23.5 Å². The van der Waals surface area contributed by atoms with Crippen LogP contribution in [-0.4, -0.2) is 42.4 Å². The Balaban J connectivity index is 1.87. The molecule has 0 spiro atoms. The Labute approximate surface area is 197 Å². The van der Waals surface area contributed by atoms with Crippen LogP contribution in [0.15, 0.2) is 77.7 Å². The first-order valence-corrected chi connectivity index (χ1v) is 11.6. The molecule has 33 heavy (non-hydrogen) atoms. The van der Waals surface area contributed by atoms with Crippen LogP contribution in [0.5, 0.6) is 17.2 Å². The summed E-state index contributed by atoms with van der Waals surface area (Å²) in [6.07, 6.45) is -0.150. The third-order valence-electron chi connectivity index (χ3n) is 4.88. The Kier molecular flexibility index (Phi) is 8.86. The van der Waals surface area contributed by atoms with Gasteiger partial charge in [0.05, 0.1) is 7.11 Å². The Bertz CT molecular complexity index is 1030. The highest BCUT2D eigenvalue weighted by Crippen LogP contribution is 2.34. The number of anilines is 1. The van der Waals surface area contributed by atoms with Gasteiger partial charge < -0.3 is 24.4 Å². The summed E-state index contributed by atoms with van der Waals surface area (Å²) in [6, 6.07) is 21.2. The third kappa shape index (κ3) is 6.81. The lowest BCUT2D eigenvalue weighted by Gasteiger charge is -2.28. The molecule has 0 radical (unpaired) electrons. The van der Waals surface area contributed by atoms with Gasteiger partial charge in [-0.25, -0.2) is 4.79 Å². The molecule has 0 aliphatic rings. The van der Waals surface area contributed by atoms with Gasteiger partial charge in [-0.3, -0.25) is 5.32 Å². The lowest BCUT2D eigenvalue weighted by molar-refractivity contribution is 0.00897. The molecule has 0 heterocycles. The number of nitrogens with one attached hydrogen (secondary N) is 1. The minimum absolute atomic E-state index is 0.0980. The first-order chi connectivity index (χ1) is 16.0. The fourth-order valence-electron chi connectivity index (χ4n) is 3.25. The number of aromatic hydroxyl groups is 1. The highest BCUT2D eigenvalue weighted by atomic mass is 32.2. The van der Waals surface area contributed by atoms with Crippen molar-refractivity contribution in [1.29, 1.82) is 0 Å². The highest BCUT2D eigenvalue weighted by Gasteiger charge is 2.30. The number of ether oxygens (including phenoxy) is 3. The number of rotatable bonds is 10. The number of para-hydroxylation sites is 1. The lowest BCUT2D eigenvalue weighted by Crippen LogP contribution is -2.31. The molecule has 0 bridgehead atoms. The summed E-state index contributed by atoms with van der Waals surface area (Å²) in [5.74, 6) is 0.757. The summed E-state index contributed by atoms with van der Waals surface area (Å²) in [4.78, 5) is 13.8. The van der Waals surface area contributed by atoms with Gasteiger partial charge in [0.25, 0.3) is 0 Å². The number of thioether (sulfide) groups is 1. The van der Waals surface area contributed by atoms with Gasteiger partial charge in [-0.05, 0) is 54.8 Å².